The summed E-state index contributed by atoms with van der Waals surface area (Å²) in [6.07, 6.45) is -0.288. The molecular formula is C18H18F2N2O2. The largest absolute Gasteiger partial charge is 0.368 e. The smallest absolute Gasteiger partial charge is 0.240 e. The fourth-order valence-electron chi connectivity index (χ4n) is 2.39. The lowest BCUT2D eigenvalue weighted by Gasteiger charge is -2.17. The highest BCUT2D eigenvalue weighted by molar-refractivity contribution is 5.87. The Labute approximate surface area is 138 Å². The van der Waals surface area contributed by atoms with E-state index >= 15 is 0 Å². The lowest BCUT2D eigenvalue weighted by molar-refractivity contribution is -0.127. The predicted octanol–water partition coefficient (Wildman–Crippen LogP) is 2.03. The van der Waals surface area contributed by atoms with Gasteiger partial charge in [0.2, 0.25) is 11.8 Å². The van der Waals surface area contributed by atoms with E-state index in [0.29, 0.717) is 0 Å². The van der Waals surface area contributed by atoms with Gasteiger partial charge in [-0.2, -0.15) is 0 Å². The number of carbonyl (C=O) groups is 2. The number of rotatable bonds is 6. The minimum absolute atomic E-state index is 0.216. The number of amides is 2. The number of hydrogen-bond donors (Lipinski definition) is 2. The Morgan fingerprint density at radius 2 is 1.71 bits per heavy atom. The van der Waals surface area contributed by atoms with Crippen LogP contribution in [-0.4, -0.2) is 17.9 Å². The normalized spacial score (nSPS) is 11.8. The summed E-state index contributed by atoms with van der Waals surface area (Å²) < 4.78 is 27.2. The summed E-state index contributed by atoms with van der Waals surface area (Å²) in [5, 5.41) is 2.45. The predicted molar refractivity (Wildman–Crippen MR) is 86.1 cm³/mol. The van der Waals surface area contributed by atoms with Crippen molar-refractivity contribution in [3.63, 3.8) is 0 Å². The van der Waals surface area contributed by atoms with Crippen molar-refractivity contribution in [2.45, 2.75) is 25.8 Å². The Morgan fingerprint density at radius 1 is 1.08 bits per heavy atom. The maximum Gasteiger partial charge on any atom is 0.240 e. The average molecular weight is 332 g/mol. The topological polar surface area (TPSA) is 72.2 Å². The molecule has 2 aromatic carbocycles. The van der Waals surface area contributed by atoms with Gasteiger partial charge in [0.1, 0.15) is 17.7 Å². The zero-order valence-corrected chi connectivity index (χ0v) is 13.2. The van der Waals surface area contributed by atoms with Crippen molar-refractivity contribution in [1.82, 2.24) is 5.32 Å². The van der Waals surface area contributed by atoms with Gasteiger partial charge in [-0.15, -0.1) is 0 Å². The number of benzene rings is 2. The Bertz CT molecular complexity index is 742. The molecule has 6 heteroatoms. The van der Waals surface area contributed by atoms with Gasteiger partial charge < -0.3 is 11.1 Å². The molecule has 0 saturated carbocycles. The molecule has 0 aliphatic carbocycles. The summed E-state index contributed by atoms with van der Waals surface area (Å²) in [5.41, 5.74) is 6.81. The van der Waals surface area contributed by atoms with E-state index in [0.717, 1.165) is 23.3 Å². The first-order chi connectivity index (χ1) is 11.4. The standard InChI is InChI=1S/C18H18F2N2O2/c1-11-5-2-3-6-12(11)9-16(18(21)24)22-17(23)10-13-14(19)7-4-8-15(13)20/h2-8,16H,9-10H2,1H3,(H2,21,24)(H,22,23)/t16-/m0/s1. The van der Waals surface area contributed by atoms with Crippen LogP contribution in [0.4, 0.5) is 8.78 Å². The SMILES string of the molecule is Cc1ccccc1C[C@H](NC(=O)Cc1c(F)cccc1F)C(N)=O. The van der Waals surface area contributed by atoms with Gasteiger partial charge in [-0.3, -0.25) is 9.59 Å². The molecule has 0 radical (unpaired) electrons. The fraction of sp³-hybridized carbons (Fsp3) is 0.222. The van der Waals surface area contributed by atoms with Crippen molar-refractivity contribution >= 4 is 11.8 Å². The van der Waals surface area contributed by atoms with Crippen molar-refractivity contribution < 1.29 is 18.4 Å². The van der Waals surface area contributed by atoms with Gasteiger partial charge in [0.25, 0.3) is 0 Å². The molecule has 4 nitrogen and oxygen atoms in total. The molecule has 0 spiro atoms. The zero-order valence-electron chi connectivity index (χ0n) is 13.2. The molecule has 0 fully saturated rings. The van der Waals surface area contributed by atoms with Gasteiger partial charge in [-0.1, -0.05) is 30.3 Å². The van der Waals surface area contributed by atoms with Crippen LogP contribution in [0.5, 0.6) is 0 Å². The van der Waals surface area contributed by atoms with Crippen molar-refractivity contribution in [3.8, 4) is 0 Å². The zero-order chi connectivity index (χ0) is 17.7. The number of nitrogens with two attached hydrogens (primary N) is 1. The first-order valence-corrected chi connectivity index (χ1v) is 7.44. The molecule has 24 heavy (non-hydrogen) atoms. The van der Waals surface area contributed by atoms with E-state index in [-0.39, 0.29) is 12.0 Å². The summed E-state index contributed by atoms with van der Waals surface area (Å²) in [4.78, 5) is 23.7. The van der Waals surface area contributed by atoms with Crippen LogP contribution in [0, 0.1) is 18.6 Å². The van der Waals surface area contributed by atoms with Gasteiger partial charge in [0.05, 0.1) is 6.42 Å². The Kier molecular flexibility index (Phi) is 5.63. The van der Waals surface area contributed by atoms with Gasteiger partial charge in [-0.25, -0.2) is 8.78 Å². The van der Waals surface area contributed by atoms with Crippen LogP contribution in [0.3, 0.4) is 0 Å². The number of primary amides is 1. The highest BCUT2D eigenvalue weighted by atomic mass is 19.1. The minimum Gasteiger partial charge on any atom is -0.368 e. The summed E-state index contributed by atoms with van der Waals surface area (Å²) in [5.74, 6) is -2.99. The first-order valence-electron chi connectivity index (χ1n) is 7.44. The molecule has 0 heterocycles. The third-order valence-electron chi connectivity index (χ3n) is 3.76. The Balaban J connectivity index is 2.09. The van der Waals surface area contributed by atoms with Crippen LogP contribution in [0.2, 0.25) is 0 Å². The maximum absolute atomic E-state index is 13.6. The molecule has 0 aliphatic heterocycles. The van der Waals surface area contributed by atoms with Crippen molar-refractivity contribution in [2.75, 3.05) is 0 Å². The van der Waals surface area contributed by atoms with E-state index in [1.54, 1.807) is 0 Å². The highest BCUT2D eigenvalue weighted by Gasteiger charge is 2.21. The second-order valence-electron chi connectivity index (χ2n) is 5.53. The lowest BCUT2D eigenvalue weighted by Crippen LogP contribution is -2.46. The molecule has 1 atom stereocenters. The molecular weight excluding hydrogens is 314 g/mol. The van der Waals surface area contributed by atoms with E-state index < -0.39 is 35.9 Å². The second-order valence-corrected chi connectivity index (χ2v) is 5.53. The quantitative estimate of drug-likeness (QED) is 0.849. The van der Waals surface area contributed by atoms with E-state index in [4.69, 9.17) is 5.73 Å². The van der Waals surface area contributed by atoms with Crippen molar-refractivity contribution in [3.05, 3.63) is 70.8 Å². The van der Waals surface area contributed by atoms with Crippen LogP contribution in [0.1, 0.15) is 16.7 Å². The van der Waals surface area contributed by atoms with Crippen LogP contribution in [0.25, 0.3) is 0 Å². The number of aryl methyl sites for hydroxylation is 1. The number of carbonyl (C=O) groups excluding carboxylic acids is 2. The molecule has 126 valence electrons. The Morgan fingerprint density at radius 3 is 2.29 bits per heavy atom. The number of hydrogen-bond acceptors (Lipinski definition) is 2. The lowest BCUT2D eigenvalue weighted by atomic mass is 10.0. The third-order valence-corrected chi connectivity index (χ3v) is 3.76. The minimum atomic E-state index is -0.951. The maximum atomic E-state index is 13.6. The number of halogens is 2. The number of nitrogens with one attached hydrogen (secondary N) is 1. The van der Waals surface area contributed by atoms with Crippen LogP contribution < -0.4 is 11.1 Å². The summed E-state index contributed by atoms with van der Waals surface area (Å²) in [6, 6.07) is 9.80. The molecule has 0 saturated heterocycles. The summed E-state index contributed by atoms with van der Waals surface area (Å²) >= 11 is 0. The fourth-order valence-corrected chi connectivity index (χ4v) is 2.39. The molecule has 2 rings (SSSR count). The second kappa shape index (κ2) is 7.68. The molecule has 0 unspecified atom stereocenters. The average Bonchev–Trinajstić information content (AvgIpc) is 2.52. The van der Waals surface area contributed by atoms with Gasteiger partial charge in [-0.05, 0) is 30.2 Å². The van der Waals surface area contributed by atoms with Gasteiger partial charge >= 0.3 is 0 Å². The van der Waals surface area contributed by atoms with E-state index in [9.17, 15) is 18.4 Å². The third kappa shape index (κ3) is 4.38. The van der Waals surface area contributed by atoms with Crippen molar-refractivity contribution in [2.24, 2.45) is 5.73 Å². The highest BCUT2D eigenvalue weighted by Crippen LogP contribution is 2.13. The van der Waals surface area contributed by atoms with Crippen LogP contribution in [0.15, 0.2) is 42.5 Å². The van der Waals surface area contributed by atoms with Crippen LogP contribution >= 0.6 is 0 Å². The molecule has 0 aromatic heterocycles. The first kappa shape index (κ1) is 17.6. The summed E-state index contributed by atoms with van der Waals surface area (Å²) in [6.45, 7) is 1.88. The Hall–Kier alpha value is -2.76. The molecule has 0 aliphatic rings. The summed E-state index contributed by atoms with van der Waals surface area (Å²) in [7, 11) is 0. The molecule has 3 N–H and O–H groups in total. The monoisotopic (exact) mass is 332 g/mol. The molecule has 2 aromatic rings. The molecule has 2 amide bonds. The van der Waals surface area contributed by atoms with Crippen LogP contribution in [-0.2, 0) is 22.4 Å². The van der Waals surface area contributed by atoms with E-state index in [1.807, 2.05) is 31.2 Å². The van der Waals surface area contributed by atoms with E-state index in [2.05, 4.69) is 5.32 Å². The van der Waals surface area contributed by atoms with E-state index in [1.165, 1.54) is 6.07 Å². The van der Waals surface area contributed by atoms with Gasteiger partial charge in [0, 0.05) is 12.0 Å². The molecule has 0 bridgehead atoms. The van der Waals surface area contributed by atoms with Gasteiger partial charge in [0.15, 0.2) is 0 Å². The van der Waals surface area contributed by atoms with Crippen molar-refractivity contribution in [1.29, 1.82) is 0 Å².